The van der Waals surface area contributed by atoms with Crippen LogP contribution in [0.3, 0.4) is 0 Å². The molecule has 0 radical (unpaired) electrons. The molecule has 3 N–H and O–H groups in total. The van der Waals surface area contributed by atoms with Crippen molar-refractivity contribution in [3.63, 3.8) is 0 Å². The molecule has 0 saturated heterocycles. The zero-order chi connectivity index (χ0) is 14.0. The zero-order valence-electron chi connectivity index (χ0n) is 10.4. The molecular weight excluding hydrogens is 250 g/mol. The van der Waals surface area contributed by atoms with Crippen molar-refractivity contribution in [1.82, 2.24) is 10.2 Å². The van der Waals surface area contributed by atoms with E-state index >= 15 is 0 Å². The number of hydrogen-bond donors (Lipinski definition) is 3. The number of amides is 1. The number of ether oxygens (including phenoxy) is 1. The fourth-order valence-corrected chi connectivity index (χ4v) is 1.68. The second-order valence-electron chi connectivity index (χ2n) is 4.00. The Hall–Kier alpha value is -2.41. The van der Waals surface area contributed by atoms with E-state index in [4.69, 9.17) is 4.74 Å². The highest BCUT2D eigenvalue weighted by molar-refractivity contribution is 6.02. The molecule has 19 heavy (non-hydrogen) atoms. The first-order valence-corrected chi connectivity index (χ1v) is 5.62. The van der Waals surface area contributed by atoms with Crippen LogP contribution in [-0.4, -0.2) is 29.3 Å². The summed E-state index contributed by atoms with van der Waals surface area (Å²) in [6, 6.07) is 4.65. The van der Waals surface area contributed by atoms with Crippen molar-refractivity contribution in [3.05, 3.63) is 38.9 Å². The molecule has 1 amide bonds. The van der Waals surface area contributed by atoms with Crippen LogP contribution in [0.4, 0.5) is 5.69 Å². The van der Waals surface area contributed by atoms with Crippen molar-refractivity contribution in [2.24, 2.45) is 0 Å². The lowest BCUT2D eigenvalue weighted by Crippen LogP contribution is -2.28. The lowest BCUT2D eigenvalue weighted by molar-refractivity contribution is -0.124. The molecule has 2 rings (SSSR count). The van der Waals surface area contributed by atoms with E-state index in [9.17, 15) is 14.4 Å². The Bertz CT molecular complexity index is 732. The van der Waals surface area contributed by atoms with Gasteiger partial charge in [0, 0.05) is 7.11 Å². The van der Waals surface area contributed by atoms with E-state index in [2.05, 4.69) is 15.5 Å². The van der Waals surface area contributed by atoms with Gasteiger partial charge in [0.05, 0.1) is 16.5 Å². The highest BCUT2D eigenvalue weighted by Gasteiger charge is 2.15. The van der Waals surface area contributed by atoms with Crippen LogP contribution < -0.4 is 16.4 Å². The topological polar surface area (TPSA) is 104 Å². The maximum atomic E-state index is 11.8. The standard InChI is InChI=1S/C12H13N3O4/c1-6(19-2)10(16)13-8-5-3-4-7-9(8)12(18)15-14-11(7)17/h3-6H,1-2H3,(H,13,16)(H,14,17)(H,15,18). The lowest BCUT2D eigenvalue weighted by atomic mass is 10.1. The van der Waals surface area contributed by atoms with Crippen LogP contribution in [-0.2, 0) is 9.53 Å². The van der Waals surface area contributed by atoms with Crippen LogP contribution in [0.15, 0.2) is 27.8 Å². The number of aromatic amines is 2. The summed E-state index contributed by atoms with van der Waals surface area (Å²) >= 11 is 0. The van der Waals surface area contributed by atoms with Crippen LogP contribution in [0.1, 0.15) is 6.92 Å². The molecule has 7 nitrogen and oxygen atoms in total. The van der Waals surface area contributed by atoms with E-state index in [1.54, 1.807) is 19.1 Å². The van der Waals surface area contributed by atoms with Gasteiger partial charge in [-0.3, -0.25) is 24.6 Å². The lowest BCUT2D eigenvalue weighted by Gasteiger charge is -2.11. The van der Waals surface area contributed by atoms with Crippen molar-refractivity contribution in [2.75, 3.05) is 12.4 Å². The second kappa shape index (κ2) is 5.07. The summed E-state index contributed by atoms with van der Waals surface area (Å²) in [5, 5.41) is 7.37. The summed E-state index contributed by atoms with van der Waals surface area (Å²) in [5.74, 6) is -0.394. The third kappa shape index (κ3) is 2.41. The van der Waals surface area contributed by atoms with E-state index < -0.39 is 23.1 Å². The number of H-pyrrole nitrogens is 2. The van der Waals surface area contributed by atoms with Crippen LogP contribution in [0.5, 0.6) is 0 Å². The molecule has 1 atom stereocenters. The molecule has 0 aliphatic heterocycles. The maximum Gasteiger partial charge on any atom is 0.272 e. The van der Waals surface area contributed by atoms with Gasteiger partial charge in [-0.15, -0.1) is 0 Å². The largest absolute Gasteiger partial charge is 0.372 e. The van der Waals surface area contributed by atoms with Gasteiger partial charge in [-0.2, -0.15) is 0 Å². The van der Waals surface area contributed by atoms with Crippen LogP contribution in [0.25, 0.3) is 10.8 Å². The third-order valence-electron chi connectivity index (χ3n) is 2.81. The molecule has 0 aliphatic rings. The van der Waals surface area contributed by atoms with Gasteiger partial charge >= 0.3 is 0 Å². The van der Waals surface area contributed by atoms with Crippen molar-refractivity contribution in [1.29, 1.82) is 0 Å². The average molecular weight is 263 g/mol. The first-order valence-electron chi connectivity index (χ1n) is 5.62. The molecule has 2 aromatic rings. The van der Waals surface area contributed by atoms with Gasteiger partial charge in [-0.1, -0.05) is 6.07 Å². The van der Waals surface area contributed by atoms with E-state index in [0.29, 0.717) is 0 Å². The summed E-state index contributed by atoms with van der Waals surface area (Å²) in [6.45, 7) is 1.58. The van der Waals surface area contributed by atoms with Gasteiger partial charge < -0.3 is 10.1 Å². The van der Waals surface area contributed by atoms with Crippen molar-refractivity contribution in [2.45, 2.75) is 13.0 Å². The average Bonchev–Trinajstić information content (AvgIpc) is 2.42. The van der Waals surface area contributed by atoms with Crippen LogP contribution in [0.2, 0.25) is 0 Å². The Morgan fingerprint density at radius 3 is 2.63 bits per heavy atom. The van der Waals surface area contributed by atoms with Gasteiger partial charge in [0.25, 0.3) is 17.0 Å². The molecule has 100 valence electrons. The summed E-state index contributed by atoms with van der Waals surface area (Å²) < 4.78 is 4.88. The molecule has 1 unspecified atom stereocenters. The summed E-state index contributed by atoms with van der Waals surface area (Å²) in [7, 11) is 1.41. The highest BCUT2D eigenvalue weighted by Crippen LogP contribution is 2.17. The molecule has 1 aromatic heterocycles. The quantitative estimate of drug-likeness (QED) is 0.735. The fraction of sp³-hybridized carbons (Fsp3) is 0.250. The number of benzene rings is 1. The number of carbonyl (C=O) groups excluding carboxylic acids is 1. The molecule has 0 saturated carbocycles. The summed E-state index contributed by atoms with van der Waals surface area (Å²) in [6.07, 6.45) is -0.656. The van der Waals surface area contributed by atoms with E-state index in [-0.39, 0.29) is 16.5 Å². The Labute approximate surface area is 107 Å². The molecule has 0 aliphatic carbocycles. The van der Waals surface area contributed by atoms with Gasteiger partial charge in [0.15, 0.2) is 0 Å². The maximum absolute atomic E-state index is 11.8. The number of fused-ring (bicyclic) bond motifs is 1. The van der Waals surface area contributed by atoms with Crippen molar-refractivity contribution < 1.29 is 9.53 Å². The Morgan fingerprint density at radius 1 is 1.26 bits per heavy atom. The minimum atomic E-state index is -0.656. The fourth-order valence-electron chi connectivity index (χ4n) is 1.68. The van der Waals surface area contributed by atoms with Crippen molar-refractivity contribution in [3.8, 4) is 0 Å². The summed E-state index contributed by atoms with van der Waals surface area (Å²) in [4.78, 5) is 35.1. The summed E-state index contributed by atoms with van der Waals surface area (Å²) in [5.41, 5.74) is -0.625. The Balaban J connectivity index is 2.56. The number of nitrogens with one attached hydrogen (secondary N) is 3. The molecule has 0 bridgehead atoms. The molecule has 7 heteroatoms. The number of aromatic nitrogens is 2. The minimum Gasteiger partial charge on any atom is -0.372 e. The first-order chi connectivity index (χ1) is 9.04. The first kappa shape index (κ1) is 13.0. The van der Waals surface area contributed by atoms with E-state index in [0.717, 1.165) is 0 Å². The predicted molar refractivity (Wildman–Crippen MR) is 70.3 cm³/mol. The van der Waals surface area contributed by atoms with Crippen molar-refractivity contribution >= 4 is 22.4 Å². The zero-order valence-corrected chi connectivity index (χ0v) is 10.4. The SMILES string of the molecule is COC(C)C(=O)Nc1cccc2c(=O)[nH][nH]c(=O)c12. The number of rotatable bonds is 3. The number of anilines is 1. The third-order valence-corrected chi connectivity index (χ3v) is 2.81. The highest BCUT2D eigenvalue weighted by atomic mass is 16.5. The van der Waals surface area contributed by atoms with Crippen LogP contribution >= 0.6 is 0 Å². The van der Waals surface area contributed by atoms with Crippen LogP contribution in [0, 0.1) is 0 Å². The predicted octanol–water partition coefficient (Wildman–Crippen LogP) is 0.190. The molecule has 0 spiro atoms. The molecular formula is C12H13N3O4. The molecule has 1 heterocycles. The van der Waals surface area contributed by atoms with Gasteiger partial charge in [0.2, 0.25) is 0 Å². The van der Waals surface area contributed by atoms with E-state index in [1.807, 2.05) is 0 Å². The smallest absolute Gasteiger partial charge is 0.272 e. The minimum absolute atomic E-state index is 0.142. The molecule has 1 aromatic carbocycles. The Kier molecular flexibility index (Phi) is 3.48. The monoisotopic (exact) mass is 263 g/mol. The van der Waals surface area contributed by atoms with Gasteiger partial charge in [-0.05, 0) is 19.1 Å². The second-order valence-corrected chi connectivity index (χ2v) is 4.00. The normalized spacial score (nSPS) is 12.3. The number of methoxy groups -OCH3 is 1. The Morgan fingerprint density at radius 2 is 1.95 bits per heavy atom. The number of carbonyl (C=O) groups is 1. The molecule has 0 fully saturated rings. The van der Waals surface area contributed by atoms with Gasteiger partial charge in [-0.25, -0.2) is 0 Å². The van der Waals surface area contributed by atoms with E-state index in [1.165, 1.54) is 13.2 Å². The number of hydrogen-bond acceptors (Lipinski definition) is 4. The van der Waals surface area contributed by atoms with Gasteiger partial charge in [0.1, 0.15) is 6.10 Å².